The summed E-state index contributed by atoms with van der Waals surface area (Å²) in [6.07, 6.45) is 9.50. The average molecular weight is 448 g/mol. The standard InChI is InChI=1S/C23H25N7OS/c1-32-23-28-19-3-2-9-26-22(19)30(23)17-4-5-21(27-14-17)31-18-7-11-29(12-8-18)15-16-6-10-25-20(24)13-16/h2-6,9-10,13-14,18H,7-8,11-12,15H2,1H3,(H2,24,25). The van der Waals surface area contributed by atoms with Crippen molar-refractivity contribution in [2.45, 2.75) is 30.6 Å². The highest BCUT2D eigenvalue weighted by Crippen LogP contribution is 2.26. The number of pyridine rings is 3. The van der Waals surface area contributed by atoms with Crippen molar-refractivity contribution in [3.63, 3.8) is 0 Å². The minimum Gasteiger partial charge on any atom is -0.474 e. The fourth-order valence-corrected chi connectivity index (χ4v) is 4.61. The van der Waals surface area contributed by atoms with Gasteiger partial charge in [0.25, 0.3) is 0 Å². The smallest absolute Gasteiger partial charge is 0.213 e. The van der Waals surface area contributed by atoms with Gasteiger partial charge in [-0.25, -0.2) is 19.9 Å². The molecule has 1 fully saturated rings. The lowest BCUT2D eigenvalue weighted by atomic mass is 10.1. The molecule has 1 aliphatic heterocycles. The molecule has 0 radical (unpaired) electrons. The molecule has 2 N–H and O–H groups in total. The minimum absolute atomic E-state index is 0.171. The number of rotatable bonds is 6. The maximum Gasteiger partial charge on any atom is 0.213 e. The van der Waals surface area contributed by atoms with Gasteiger partial charge >= 0.3 is 0 Å². The van der Waals surface area contributed by atoms with E-state index in [0.29, 0.717) is 11.7 Å². The molecule has 0 spiro atoms. The number of anilines is 1. The SMILES string of the molecule is CSc1nc2cccnc2n1-c1ccc(OC2CCN(Cc3ccnc(N)c3)CC2)nc1. The second-order valence-electron chi connectivity index (χ2n) is 7.82. The van der Waals surface area contributed by atoms with E-state index in [1.165, 1.54) is 5.56 Å². The molecule has 0 amide bonds. The van der Waals surface area contributed by atoms with Gasteiger partial charge in [-0.1, -0.05) is 11.8 Å². The largest absolute Gasteiger partial charge is 0.474 e. The van der Waals surface area contributed by atoms with Gasteiger partial charge in [-0.2, -0.15) is 0 Å². The first kappa shape index (κ1) is 20.7. The van der Waals surface area contributed by atoms with Crippen molar-refractivity contribution in [1.82, 2.24) is 29.4 Å². The molecule has 4 aromatic rings. The van der Waals surface area contributed by atoms with E-state index in [4.69, 9.17) is 10.5 Å². The number of hydrogen-bond donors (Lipinski definition) is 1. The van der Waals surface area contributed by atoms with Crippen LogP contribution in [0.5, 0.6) is 5.88 Å². The molecule has 32 heavy (non-hydrogen) atoms. The summed E-state index contributed by atoms with van der Waals surface area (Å²) < 4.78 is 8.20. The number of piperidine rings is 1. The second kappa shape index (κ2) is 9.13. The van der Waals surface area contributed by atoms with Crippen molar-refractivity contribution in [3.05, 3.63) is 60.6 Å². The first-order chi connectivity index (χ1) is 15.7. The predicted molar refractivity (Wildman–Crippen MR) is 126 cm³/mol. The number of nitrogen functional groups attached to an aromatic ring is 1. The summed E-state index contributed by atoms with van der Waals surface area (Å²) in [7, 11) is 0. The fraction of sp³-hybridized carbons (Fsp3) is 0.304. The molecule has 0 atom stereocenters. The zero-order valence-corrected chi connectivity index (χ0v) is 18.7. The highest BCUT2D eigenvalue weighted by Gasteiger charge is 2.21. The molecule has 5 rings (SSSR count). The average Bonchev–Trinajstić information content (AvgIpc) is 3.20. The lowest BCUT2D eigenvalue weighted by Crippen LogP contribution is -2.37. The van der Waals surface area contributed by atoms with E-state index < -0.39 is 0 Å². The second-order valence-corrected chi connectivity index (χ2v) is 8.59. The van der Waals surface area contributed by atoms with Crippen molar-refractivity contribution in [3.8, 4) is 11.6 Å². The van der Waals surface area contributed by atoms with E-state index in [2.05, 4.69) is 24.8 Å². The third-order valence-electron chi connectivity index (χ3n) is 5.62. The molecule has 0 bridgehead atoms. The Morgan fingerprint density at radius 2 is 1.97 bits per heavy atom. The normalized spacial score (nSPS) is 15.3. The molecule has 164 valence electrons. The van der Waals surface area contributed by atoms with Crippen LogP contribution in [0.4, 0.5) is 5.82 Å². The van der Waals surface area contributed by atoms with Crippen LogP contribution in [-0.4, -0.2) is 54.9 Å². The van der Waals surface area contributed by atoms with E-state index in [0.717, 1.165) is 54.5 Å². The zero-order chi connectivity index (χ0) is 21.9. The highest BCUT2D eigenvalue weighted by molar-refractivity contribution is 7.98. The molecule has 9 heteroatoms. The van der Waals surface area contributed by atoms with Crippen molar-refractivity contribution >= 4 is 28.7 Å². The van der Waals surface area contributed by atoms with Crippen LogP contribution in [0.3, 0.4) is 0 Å². The molecule has 5 heterocycles. The monoisotopic (exact) mass is 447 g/mol. The van der Waals surface area contributed by atoms with Crippen LogP contribution in [0.15, 0.2) is 60.1 Å². The summed E-state index contributed by atoms with van der Waals surface area (Å²) in [6.45, 7) is 2.85. The van der Waals surface area contributed by atoms with Crippen molar-refractivity contribution in [1.29, 1.82) is 0 Å². The van der Waals surface area contributed by atoms with Gasteiger partial charge in [-0.05, 0) is 55.0 Å². The third-order valence-corrected chi connectivity index (χ3v) is 6.26. The van der Waals surface area contributed by atoms with Gasteiger partial charge < -0.3 is 10.5 Å². The number of fused-ring (bicyclic) bond motifs is 1. The molecule has 0 aromatic carbocycles. The van der Waals surface area contributed by atoms with E-state index in [1.807, 2.05) is 53.4 Å². The number of nitrogens with zero attached hydrogens (tertiary/aromatic N) is 6. The number of imidazole rings is 1. The summed E-state index contributed by atoms with van der Waals surface area (Å²) in [5.74, 6) is 1.22. The molecule has 1 aliphatic rings. The summed E-state index contributed by atoms with van der Waals surface area (Å²) in [4.78, 5) is 20.2. The van der Waals surface area contributed by atoms with Crippen LogP contribution in [0.25, 0.3) is 16.9 Å². The van der Waals surface area contributed by atoms with Gasteiger partial charge in [0.2, 0.25) is 5.88 Å². The van der Waals surface area contributed by atoms with E-state index in [-0.39, 0.29) is 6.10 Å². The topological polar surface area (TPSA) is 95.0 Å². The molecule has 4 aromatic heterocycles. The molecule has 0 saturated carbocycles. The van der Waals surface area contributed by atoms with Crippen molar-refractivity contribution in [2.24, 2.45) is 0 Å². The predicted octanol–water partition coefficient (Wildman–Crippen LogP) is 3.56. The first-order valence-corrected chi connectivity index (χ1v) is 11.9. The Kier molecular flexibility index (Phi) is 5.91. The maximum atomic E-state index is 6.18. The number of nitrogens with two attached hydrogens (primary N) is 1. The number of likely N-dealkylation sites (tertiary alicyclic amines) is 1. The fourth-order valence-electron chi connectivity index (χ4n) is 4.04. The van der Waals surface area contributed by atoms with Crippen LogP contribution in [-0.2, 0) is 6.54 Å². The van der Waals surface area contributed by atoms with Gasteiger partial charge in [0.05, 0.1) is 11.9 Å². The third kappa shape index (κ3) is 4.39. The number of ether oxygens (including phenoxy) is 1. The lowest BCUT2D eigenvalue weighted by molar-refractivity contribution is 0.0932. The van der Waals surface area contributed by atoms with E-state index >= 15 is 0 Å². The summed E-state index contributed by atoms with van der Waals surface area (Å²) >= 11 is 1.59. The van der Waals surface area contributed by atoms with Crippen LogP contribution in [0.2, 0.25) is 0 Å². The van der Waals surface area contributed by atoms with Crippen LogP contribution < -0.4 is 10.5 Å². The molecule has 0 unspecified atom stereocenters. The Morgan fingerprint density at radius 3 is 2.72 bits per heavy atom. The Hall–Kier alpha value is -3.17. The summed E-state index contributed by atoms with van der Waals surface area (Å²) in [5.41, 5.74) is 9.61. The van der Waals surface area contributed by atoms with E-state index in [9.17, 15) is 0 Å². The van der Waals surface area contributed by atoms with E-state index in [1.54, 1.807) is 24.2 Å². The molecule has 1 saturated heterocycles. The van der Waals surface area contributed by atoms with Crippen LogP contribution >= 0.6 is 11.8 Å². The minimum atomic E-state index is 0.171. The molecule has 0 aliphatic carbocycles. The first-order valence-electron chi connectivity index (χ1n) is 10.6. The number of thioether (sulfide) groups is 1. The van der Waals surface area contributed by atoms with Gasteiger partial charge in [-0.15, -0.1) is 0 Å². The highest BCUT2D eigenvalue weighted by atomic mass is 32.2. The molecule has 8 nitrogen and oxygen atoms in total. The molecular weight excluding hydrogens is 422 g/mol. The number of hydrogen-bond acceptors (Lipinski definition) is 8. The molecular formula is C23H25N7OS. The van der Waals surface area contributed by atoms with Gasteiger partial charge in [-0.3, -0.25) is 9.47 Å². The van der Waals surface area contributed by atoms with Crippen LogP contribution in [0, 0.1) is 0 Å². The number of aromatic nitrogens is 5. The zero-order valence-electron chi connectivity index (χ0n) is 17.9. The summed E-state index contributed by atoms with van der Waals surface area (Å²) in [5, 5.41) is 0.887. The van der Waals surface area contributed by atoms with Gasteiger partial charge in [0.15, 0.2) is 10.8 Å². The Labute approximate surface area is 190 Å². The van der Waals surface area contributed by atoms with Gasteiger partial charge in [0, 0.05) is 38.1 Å². The van der Waals surface area contributed by atoms with Crippen molar-refractivity contribution < 1.29 is 4.74 Å². The Balaban J connectivity index is 1.22. The quantitative estimate of drug-likeness (QED) is 0.448. The summed E-state index contributed by atoms with van der Waals surface area (Å²) in [6, 6.07) is 11.8. The Bertz CT molecular complexity index is 1200. The Morgan fingerprint density at radius 1 is 1.09 bits per heavy atom. The van der Waals surface area contributed by atoms with Gasteiger partial charge in [0.1, 0.15) is 17.4 Å². The van der Waals surface area contributed by atoms with Crippen LogP contribution in [0.1, 0.15) is 18.4 Å². The van der Waals surface area contributed by atoms with Crippen molar-refractivity contribution in [2.75, 3.05) is 25.1 Å². The maximum absolute atomic E-state index is 6.18. The lowest BCUT2D eigenvalue weighted by Gasteiger charge is -2.31.